The summed E-state index contributed by atoms with van der Waals surface area (Å²) in [6, 6.07) is 17.8. The van der Waals surface area contributed by atoms with E-state index in [0.29, 0.717) is 30.6 Å². The summed E-state index contributed by atoms with van der Waals surface area (Å²) in [5.41, 5.74) is 2.92. The average Bonchev–Trinajstić information content (AvgIpc) is 3.30. The van der Waals surface area contributed by atoms with Crippen molar-refractivity contribution in [1.29, 1.82) is 0 Å². The molecule has 1 fully saturated rings. The van der Waals surface area contributed by atoms with Crippen molar-refractivity contribution in [3.63, 3.8) is 0 Å². The van der Waals surface area contributed by atoms with E-state index >= 15 is 0 Å². The summed E-state index contributed by atoms with van der Waals surface area (Å²) in [5, 5.41) is 5.91. The fourth-order valence-electron chi connectivity index (χ4n) is 4.89. The molecule has 0 spiro atoms. The van der Waals surface area contributed by atoms with Crippen molar-refractivity contribution < 1.29 is 14.3 Å². The van der Waals surface area contributed by atoms with Gasteiger partial charge in [0.15, 0.2) is 6.61 Å². The van der Waals surface area contributed by atoms with Crippen molar-refractivity contribution >= 4 is 17.6 Å². The molecule has 0 aromatic heterocycles. The SMILES string of the molecule is CC(C)(C)CC(=O)C(c1ccc(CN2N=C(c3ccccc3)OCC2=O)cc1)C1CCCC1. The van der Waals surface area contributed by atoms with Crippen molar-refractivity contribution in [2.75, 3.05) is 6.61 Å². The molecule has 1 aliphatic heterocycles. The molecule has 0 radical (unpaired) electrons. The summed E-state index contributed by atoms with van der Waals surface area (Å²) in [7, 11) is 0. The van der Waals surface area contributed by atoms with Gasteiger partial charge in [-0.1, -0.05) is 76.1 Å². The zero-order valence-electron chi connectivity index (χ0n) is 19.9. The Morgan fingerprint density at radius 3 is 2.36 bits per heavy atom. The molecular formula is C28H34N2O3. The third-order valence-corrected chi connectivity index (χ3v) is 6.45. The van der Waals surface area contributed by atoms with Crippen molar-refractivity contribution in [1.82, 2.24) is 5.01 Å². The van der Waals surface area contributed by atoms with Crippen molar-refractivity contribution in [2.45, 2.75) is 65.3 Å². The zero-order valence-corrected chi connectivity index (χ0v) is 19.9. The smallest absolute Gasteiger partial charge is 0.281 e. The summed E-state index contributed by atoms with van der Waals surface area (Å²) < 4.78 is 5.54. The number of carbonyl (C=O) groups excluding carboxylic acids is 2. The molecule has 1 saturated carbocycles. The number of rotatable bonds is 7. The van der Waals surface area contributed by atoms with Gasteiger partial charge in [-0.2, -0.15) is 0 Å². The molecule has 4 rings (SSSR count). The number of hydrazone groups is 1. The van der Waals surface area contributed by atoms with E-state index in [-0.39, 0.29) is 23.8 Å². The van der Waals surface area contributed by atoms with E-state index in [9.17, 15) is 9.59 Å². The first-order chi connectivity index (χ1) is 15.8. The van der Waals surface area contributed by atoms with Crippen LogP contribution in [0.3, 0.4) is 0 Å². The fraction of sp³-hybridized carbons (Fsp3) is 0.464. The van der Waals surface area contributed by atoms with E-state index in [4.69, 9.17) is 4.74 Å². The van der Waals surface area contributed by atoms with Gasteiger partial charge in [-0.25, -0.2) is 5.01 Å². The maximum Gasteiger partial charge on any atom is 0.281 e. The van der Waals surface area contributed by atoms with Crippen molar-refractivity contribution in [3.8, 4) is 0 Å². The normalized spacial score (nSPS) is 18.1. The highest BCUT2D eigenvalue weighted by Crippen LogP contribution is 2.40. The van der Waals surface area contributed by atoms with Crippen LogP contribution in [0.5, 0.6) is 0 Å². The number of ether oxygens (including phenoxy) is 1. The lowest BCUT2D eigenvalue weighted by Gasteiger charge is -2.27. The molecule has 1 atom stereocenters. The van der Waals surface area contributed by atoms with Crippen LogP contribution in [0.15, 0.2) is 59.7 Å². The molecule has 1 amide bonds. The zero-order chi connectivity index (χ0) is 23.4. The number of hydrogen-bond acceptors (Lipinski definition) is 4. The first kappa shape index (κ1) is 23.2. The van der Waals surface area contributed by atoms with Gasteiger partial charge in [-0.05, 0) is 47.4 Å². The predicted octanol–water partition coefficient (Wildman–Crippen LogP) is 5.69. The largest absolute Gasteiger partial charge is 0.466 e. The summed E-state index contributed by atoms with van der Waals surface area (Å²) >= 11 is 0. The highest BCUT2D eigenvalue weighted by molar-refractivity contribution is 5.97. The van der Waals surface area contributed by atoms with Gasteiger partial charge in [-0.15, -0.1) is 5.10 Å². The Bertz CT molecular complexity index is 1000. The molecule has 0 saturated heterocycles. The standard InChI is InChI=1S/C28H34N2O3/c1-28(2,3)17-24(31)26(21-9-7-8-10-21)22-15-13-20(14-16-22)18-30-25(32)19-33-27(29-30)23-11-5-4-6-12-23/h4-6,11-16,21,26H,7-10,17-19H2,1-3H3. The van der Waals surface area contributed by atoms with Gasteiger partial charge in [0.1, 0.15) is 5.78 Å². The lowest BCUT2D eigenvalue weighted by Crippen LogP contribution is -2.36. The monoisotopic (exact) mass is 446 g/mol. The van der Waals surface area contributed by atoms with Crippen LogP contribution in [-0.4, -0.2) is 29.2 Å². The number of Topliss-reactive ketones (excluding diaryl/α,β-unsaturated/α-hetero) is 1. The summed E-state index contributed by atoms with van der Waals surface area (Å²) in [4.78, 5) is 25.7. The second-order valence-electron chi connectivity index (χ2n) is 10.5. The van der Waals surface area contributed by atoms with Gasteiger partial charge >= 0.3 is 0 Å². The van der Waals surface area contributed by atoms with Gasteiger partial charge in [0.25, 0.3) is 5.91 Å². The molecule has 174 valence electrons. The number of amides is 1. The number of ketones is 1. The molecule has 2 aromatic carbocycles. The van der Waals surface area contributed by atoms with Crippen LogP contribution in [0, 0.1) is 11.3 Å². The Hall–Kier alpha value is -2.95. The van der Waals surface area contributed by atoms with Crippen LogP contribution in [0.1, 0.15) is 75.5 Å². The molecule has 2 aliphatic rings. The van der Waals surface area contributed by atoms with E-state index in [0.717, 1.165) is 29.5 Å². The molecule has 1 aliphatic carbocycles. The number of hydrogen-bond donors (Lipinski definition) is 0. The van der Waals surface area contributed by atoms with Gasteiger partial charge in [0.2, 0.25) is 5.90 Å². The van der Waals surface area contributed by atoms with Crippen molar-refractivity contribution in [3.05, 3.63) is 71.3 Å². The van der Waals surface area contributed by atoms with E-state index in [1.165, 1.54) is 17.9 Å². The van der Waals surface area contributed by atoms with Gasteiger partial charge in [0.05, 0.1) is 6.54 Å². The minimum absolute atomic E-state index is 0.0148. The molecule has 33 heavy (non-hydrogen) atoms. The number of carbonyl (C=O) groups is 2. The van der Waals surface area contributed by atoms with Crippen LogP contribution >= 0.6 is 0 Å². The summed E-state index contributed by atoms with van der Waals surface area (Å²) in [6.45, 7) is 6.75. The molecule has 1 heterocycles. The van der Waals surface area contributed by atoms with E-state index < -0.39 is 0 Å². The van der Waals surface area contributed by atoms with Crippen LogP contribution < -0.4 is 0 Å². The number of nitrogens with zero attached hydrogens (tertiary/aromatic N) is 2. The Labute approximate surface area is 196 Å². The third kappa shape index (κ3) is 5.89. The van der Waals surface area contributed by atoms with Gasteiger partial charge in [0, 0.05) is 17.9 Å². The second kappa shape index (κ2) is 9.90. The Morgan fingerprint density at radius 1 is 1.06 bits per heavy atom. The topological polar surface area (TPSA) is 59.0 Å². The van der Waals surface area contributed by atoms with Gasteiger partial charge in [-0.3, -0.25) is 9.59 Å². The first-order valence-corrected chi connectivity index (χ1v) is 12.0. The van der Waals surface area contributed by atoms with Crippen LogP contribution in [-0.2, 0) is 20.9 Å². The molecule has 0 N–H and O–H groups in total. The molecule has 5 heteroatoms. The van der Waals surface area contributed by atoms with E-state index in [2.05, 4.69) is 38.0 Å². The Balaban J connectivity index is 1.51. The lowest BCUT2D eigenvalue weighted by atomic mass is 9.76. The third-order valence-electron chi connectivity index (χ3n) is 6.45. The lowest BCUT2D eigenvalue weighted by molar-refractivity contribution is -0.136. The predicted molar refractivity (Wildman–Crippen MR) is 130 cm³/mol. The highest BCUT2D eigenvalue weighted by Gasteiger charge is 2.33. The quantitative estimate of drug-likeness (QED) is 0.549. The minimum atomic E-state index is -0.164. The van der Waals surface area contributed by atoms with Crippen LogP contribution in [0.25, 0.3) is 0 Å². The van der Waals surface area contributed by atoms with E-state index in [1.807, 2.05) is 42.5 Å². The Morgan fingerprint density at radius 2 is 1.73 bits per heavy atom. The first-order valence-electron chi connectivity index (χ1n) is 12.0. The van der Waals surface area contributed by atoms with Gasteiger partial charge < -0.3 is 4.74 Å². The van der Waals surface area contributed by atoms with E-state index in [1.54, 1.807) is 0 Å². The van der Waals surface area contributed by atoms with Crippen LogP contribution in [0.2, 0.25) is 0 Å². The maximum atomic E-state index is 13.3. The molecule has 5 nitrogen and oxygen atoms in total. The fourth-order valence-corrected chi connectivity index (χ4v) is 4.89. The molecule has 2 aromatic rings. The Kier molecular flexibility index (Phi) is 6.96. The highest BCUT2D eigenvalue weighted by atomic mass is 16.5. The molecular weight excluding hydrogens is 412 g/mol. The average molecular weight is 447 g/mol. The summed E-state index contributed by atoms with van der Waals surface area (Å²) in [5.74, 6) is 1.05. The molecule has 0 bridgehead atoms. The maximum absolute atomic E-state index is 13.3. The minimum Gasteiger partial charge on any atom is -0.466 e. The van der Waals surface area contributed by atoms with Crippen LogP contribution in [0.4, 0.5) is 0 Å². The van der Waals surface area contributed by atoms with Crippen molar-refractivity contribution in [2.24, 2.45) is 16.4 Å². The number of benzene rings is 2. The summed E-state index contributed by atoms with van der Waals surface area (Å²) in [6.07, 6.45) is 5.27. The second-order valence-corrected chi connectivity index (χ2v) is 10.5. The molecule has 1 unspecified atom stereocenters.